The van der Waals surface area contributed by atoms with Crippen molar-refractivity contribution in [2.24, 2.45) is 0 Å². The normalized spacial score (nSPS) is 14.9. The lowest BCUT2D eigenvalue weighted by molar-refractivity contribution is 0.590. The number of nitrogens with zero attached hydrogens (tertiary/aromatic N) is 2. The van der Waals surface area contributed by atoms with E-state index < -0.39 is 0 Å². The summed E-state index contributed by atoms with van der Waals surface area (Å²) in [5.41, 5.74) is 22.2. The molecule has 63 heavy (non-hydrogen) atoms. The predicted molar refractivity (Wildman–Crippen MR) is 275 cm³/mol. The van der Waals surface area contributed by atoms with Crippen LogP contribution in [0.2, 0.25) is 0 Å². The van der Waals surface area contributed by atoms with Crippen LogP contribution in [0.3, 0.4) is 0 Å². The first-order chi connectivity index (χ1) is 29.9. The summed E-state index contributed by atoms with van der Waals surface area (Å²) in [6.45, 7) is 25.7. The Kier molecular flexibility index (Phi) is 8.62. The minimum atomic E-state index is -0.0874. The first kappa shape index (κ1) is 40.0. The van der Waals surface area contributed by atoms with Crippen LogP contribution in [0.5, 0.6) is 0 Å². The molecular formula is C59H57BN2S. The van der Waals surface area contributed by atoms with E-state index in [1.165, 1.54) is 110 Å². The molecule has 2 nitrogen and oxygen atoms in total. The molecule has 0 spiro atoms. The van der Waals surface area contributed by atoms with Gasteiger partial charge in [-0.25, -0.2) is 0 Å². The van der Waals surface area contributed by atoms with Crippen molar-refractivity contribution in [1.82, 2.24) is 0 Å². The second-order valence-corrected chi connectivity index (χ2v) is 22.9. The standard InChI is InChI=1S/C59H57BN2S/c1-56(2,3)37-21-26-40(27-22-37)61-49-31-25-39(58(7,8)9)33-48(49)60-52-50(32-30-42(53(52)61)36-17-13-12-14-18-36)62(41-28-23-38(24-29-41)57(4,5)6)54-45-34-44-43-19-15-16-20-46(43)59(10,11)47(44)35-51(45)63-55(54)60/h12-35H,1-11H3. The van der Waals surface area contributed by atoms with E-state index in [2.05, 4.69) is 232 Å². The van der Waals surface area contributed by atoms with Gasteiger partial charge in [0.25, 0.3) is 6.71 Å². The topological polar surface area (TPSA) is 6.48 Å². The molecule has 11 rings (SSSR count). The average Bonchev–Trinajstić information content (AvgIpc) is 3.73. The number of fused-ring (bicyclic) bond motifs is 9. The molecule has 0 fully saturated rings. The summed E-state index contributed by atoms with van der Waals surface area (Å²) in [5.74, 6) is 0. The first-order valence-corrected chi connectivity index (χ1v) is 23.6. The maximum absolute atomic E-state index is 2.63. The summed E-state index contributed by atoms with van der Waals surface area (Å²) in [6, 6.07) is 56.3. The largest absolute Gasteiger partial charge is 0.311 e. The minimum Gasteiger partial charge on any atom is -0.311 e. The van der Waals surface area contributed by atoms with Gasteiger partial charge in [0.15, 0.2) is 0 Å². The number of anilines is 6. The van der Waals surface area contributed by atoms with E-state index in [-0.39, 0.29) is 28.4 Å². The molecule has 0 saturated carbocycles. The molecule has 0 bridgehead atoms. The molecule has 1 aromatic heterocycles. The van der Waals surface area contributed by atoms with Gasteiger partial charge in [0, 0.05) is 48.6 Å². The highest BCUT2D eigenvalue weighted by Crippen LogP contribution is 2.55. The van der Waals surface area contributed by atoms with Gasteiger partial charge < -0.3 is 9.80 Å². The first-order valence-electron chi connectivity index (χ1n) is 22.8. The van der Waals surface area contributed by atoms with E-state index >= 15 is 0 Å². The average molecular weight is 837 g/mol. The lowest BCUT2D eigenvalue weighted by Gasteiger charge is -2.44. The molecular weight excluding hydrogens is 780 g/mol. The smallest absolute Gasteiger partial charge is 0.264 e. The fourth-order valence-corrected chi connectivity index (χ4v) is 12.1. The van der Waals surface area contributed by atoms with Crippen molar-refractivity contribution in [2.45, 2.75) is 97.8 Å². The van der Waals surface area contributed by atoms with Crippen molar-refractivity contribution >= 4 is 78.0 Å². The number of hydrogen-bond acceptors (Lipinski definition) is 3. The van der Waals surface area contributed by atoms with Gasteiger partial charge in [-0.05, 0) is 120 Å². The van der Waals surface area contributed by atoms with Crippen molar-refractivity contribution in [3.63, 3.8) is 0 Å². The third-order valence-electron chi connectivity index (χ3n) is 14.3. The van der Waals surface area contributed by atoms with Crippen LogP contribution >= 0.6 is 11.3 Å². The SMILES string of the molecule is CC(C)(C)c1ccc(N2c3ccc(C(C)(C)C)cc3B3c4sc5cc6c(cc5c4N(c4ccc(C(C)(C)C)cc4)c4ccc(-c5ccccc5)c2c43)-c2ccccc2C6(C)C)cc1. The van der Waals surface area contributed by atoms with Gasteiger partial charge in [0.1, 0.15) is 0 Å². The van der Waals surface area contributed by atoms with E-state index in [9.17, 15) is 0 Å². The summed E-state index contributed by atoms with van der Waals surface area (Å²) in [6.07, 6.45) is 0. The van der Waals surface area contributed by atoms with Gasteiger partial charge in [0.05, 0.1) is 11.4 Å². The molecule has 8 aromatic rings. The van der Waals surface area contributed by atoms with Gasteiger partial charge >= 0.3 is 0 Å². The molecule has 0 unspecified atom stereocenters. The Morgan fingerprint density at radius 1 is 0.476 bits per heavy atom. The zero-order valence-corrected chi connectivity index (χ0v) is 39.6. The summed E-state index contributed by atoms with van der Waals surface area (Å²) < 4.78 is 2.76. The quantitative estimate of drug-likeness (QED) is 0.164. The second-order valence-electron chi connectivity index (χ2n) is 21.9. The van der Waals surface area contributed by atoms with Gasteiger partial charge in [-0.3, -0.25) is 0 Å². The molecule has 3 heterocycles. The monoisotopic (exact) mass is 836 g/mol. The molecule has 0 amide bonds. The van der Waals surface area contributed by atoms with Crippen molar-refractivity contribution in [3.05, 3.63) is 173 Å². The van der Waals surface area contributed by atoms with Crippen LogP contribution in [0.4, 0.5) is 34.1 Å². The molecule has 0 N–H and O–H groups in total. The zero-order chi connectivity index (χ0) is 44.0. The number of rotatable bonds is 3. The van der Waals surface area contributed by atoms with Crippen molar-refractivity contribution < 1.29 is 0 Å². The van der Waals surface area contributed by atoms with Gasteiger partial charge in [-0.1, -0.05) is 173 Å². The Morgan fingerprint density at radius 3 is 1.65 bits per heavy atom. The molecule has 0 radical (unpaired) electrons. The van der Waals surface area contributed by atoms with Crippen molar-refractivity contribution in [2.75, 3.05) is 9.80 Å². The highest BCUT2D eigenvalue weighted by molar-refractivity contribution is 7.33. The van der Waals surface area contributed by atoms with E-state index in [0.717, 1.165) is 0 Å². The Hall–Kier alpha value is -5.84. The van der Waals surface area contributed by atoms with Gasteiger partial charge in [0.2, 0.25) is 0 Å². The Bertz CT molecular complexity index is 3130. The van der Waals surface area contributed by atoms with Crippen LogP contribution < -0.4 is 25.5 Å². The Morgan fingerprint density at radius 2 is 1.03 bits per heavy atom. The predicted octanol–water partition coefficient (Wildman–Crippen LogP) is 14.8. The van der Waals surface area contributed by atoms with Crippen molar-refractivity contribution in [1.29, 1.82) is 0 Å². The zero-order valence-electron chi connectivity index (χ0n) is 38.7. The van der Waals surface area contributed by atoms with E-state index in [0.29, 0.717) is 0 Å². The van der Waals surface area contributed by atoms with Crippen LogP contribution in [0.1, 0.15) is 104 Å². The van der Waals surface area contributed by atoms with E-state index in [1.54, 1.807) is 0 Å². The van der Waals surface area contributed by atoms with E-state index in [4.69, 9.17) is 0 Å². The Labute approximate surface area is 379 Å². The molecule has 2 aliphatic heterocycles. The van der Waals surface area contributed by atoms with Crippen LogP contribution in [0.15, 0.2) is 146 Å². The van der Waals surface area contributed by atoms with Crippen LogP contribution in [0.25, 0.3) is 32.3 Å². The Balaban J connectivity index is 1.27. The lowest BCUT2D eigenvalue weighted by atomic mass is 9.35. The molecule has 0 atom stereocenters. The summed E-state index contributed by atoms with van der Waals surface area (Å²) in [5, 5.41) is 1.33. The third-order valence-corrected chi connectivity index (χ3v) is 15.5. The third kappa shape index (κ3) is 6.04. The number of hydrogen-bond donors (Lipinski definition) is 0. The van der Waals surface area contributed by atoms with Crippen LogP contribution in [-0.2, 0) is 21.7 Å². The molecule has 4 heteroatoms. The minimum absolute atomic E-state index is 0.0219. The van der Waals surface area contributed by atoms with Gasteiger partial charge in [-0.15, -0.1) is 11.3 Å². The maximum atomic E-state index is 2.63. The maximum Gasteiger partial charge on any atom is 0.264 e. The molecule has 7 aromatic carbocycles. The summed E-state index contributed by atoms with van der Waals surface area (Å²) in [7, 11) is 0. The second kappa shape index (κ2) is 13.6. The molecule has 0 saturated heterocycles. The molecule has 312 valence electrons. The highest BCUT2D eigenvalue weighted by atomic mass is 32.1. The fourth-order valence-electron chi connectivity index (χ4n) is 10.8. The highest BCUT2D eigenvalue weighted by Gasteiger charge is 2.47. The van der Waals surface area contributed by atoms with Gasteiger partial charge in [-0.2, -0.15) is 0 Å². The summed E-state index contributed by atoms with van der Waals surface area (Å²) in [4.78, 5) is 5.22. The van der Waals surface area contributed by atoms with Crippen LogP contribution in [-0.4, -0.2) is 6.71 Å². The van der Waals surface area contributed by atoms with Crippen molar-refractivity contribution in [3.8, 4) is 22.3 Å². The number of thiophene rings is 1. The molecule has 1 aliphatic carbocycles. The summed E-state index contributed by atoms with van der Waals surface area (Å²) >= 11 is 2.01. The molecule has 3 aliphatic rings. The number of benzene rings is 7. The lowest BCUT2D eigenvalue weighted by Crippen LogP contribution is -2.60. The fraction of sp³-hybridized carbons (Fsp3) is 0.254. The van der Waals surface area contributed by atoms with E-state index in [1.807, 2.05) is 11.3 Å². The van der Waals surface area contributed by atoms with Crippen LogP contribution in [0, 0.1) is 0 Å².